The van der Waals surface area contributed by atoms with E-state index in [1.165, 1.54) is 19.3 Å². The van der Waals surface area contributed by atoms with Gasteiger partial charge in [0, 0.05) is 19.1 Å². The third-order valence-electron chi connectivity index (χ3n) is 3.75. The highest BCUT2D eigenvalue weighted by Crippen LogP contribution is 2.26. The van der Waals surface area contributed by atoms with Crippen LogP contribution in [0.25, 0.3) is 0 Å². The predicted molar refractivity (Wildman–Crippen MR) is 64.5 cm³/mol. The van der Waals surface area contributed by atoms with Crippen molar-refractivity contribution in [3.05, 3.63) is 0 Å². The van der Waals surface area contributed by atoms with Crippen molar-refractivity contribution in [3.63, 3.8) is 0 Å². The zero-order chi connectivity index (χ0) is 11.6. The van der Waals surface area contributed by atoms with Crippen molar-refractivity contribution < 1.29 is 8.42 Å². The van der Waals surface area contributed by atoms with Crippen molar-refractivity contribution in [1.82, 2.24) is 4.31 Å². The molecule has 0 aromatic rings. The first-order valence-electron chi connectivity index (χ1n) is 6.31. The average molecular weight is 246 g/mol. The van der Waals surface area contributed by atoms with Crippen molar-refractivity contribution in [2.75, 3.05) is 18.8 Å². The summed E-state index contributed by atoms with van der Waals surface area (Å²) in [5.41, 5.74) is 5.75. The Balaban J connectivity index is 1.91. The molecule has 2 fully saturated rings. The SMILES string of the molecule is N[C@@H]1CCN(S(=O)(=O)CC2CCCCC2)C1. The second-order valence-corrected chi connectivity index (χ2v) is 7.20. The fourth-order valence-electron chi connectivity index (χ4n) is 2.76. The Morgan fingerprint density at radius 2 is 1.81 bits per heavy atom. The van der Waals surface area contributed by atoms with Gasteiger partial charge in [-0.25, -0.2) is 12.7 Å². The van der Waals surface area contributed by atoms with Crippen LogP contribution in [0.15, 0.2) is 0 Å². The molecule has 1 heterocycles. The summed E-state index contributed by atoms with van der Waals surface area (Å²) in [7, 11) is -3.04. The van der Waals surface area contributed by atoms with Crippen molar-refractivity contribution >= 4 is 10.0 Å². The maximum Gasteiger partial charge on any atom is 0.214 e. The van der Waals surface area contributed by atoms with Crippen molar-refractivity contribution in [1.29, 1.82) is 0 Å². The van der Waals surface area contributed by atoms with Crippen LogP contribution in [0.3, 0.4) is 0 Å². The molecule has 0 unspecified atom stereocenters. The van der Waals surface area contributed by atoms with Gasteiger partial charge >= 0.3 is 0 Å². The van der Waals surface area contributed by atoms with Gasteiger partial charge in [-0.15, -0.1) is 0 Å². The Hall–Kier alpha value is -0.130. The molecule has 1 aliphatic heterocycles. The fourth-order valence-corrected chi connectivity index (χ4v) is 4.71. The quantitative estimate of drug-likeness (QED) is 0.805. The highest BCUT2D eigenvalue weighted by atomic mass is 32.2. The molecule has 1 atom stereocenters. The standard InChI is InChI=1S/C11H22N2O2S/c12-11-6-7-13(8-11)16(14,15)9-10-4-2-1-3-5-10/h10-11H,1-9,12H2/t11-/m1/s1. The average Bonchev–Trinajstić information content (AvgIpc) is 2.66. The van der Waals surface area contributed by atoms with Gasteiger partial charge in [0.05, 0.1) is 5.75 Å². The van der Waals surface area contributed by atoms with Gasteiger partial charge in [0.2, 0.25) is 10.0 Å². The van der Waals surface area contributed by atoms with Gasteiger partial charge in [0.15, 0.2) is 0 Å². The number of rotatable bonds is 3. The lowest BCUT2D eigenvalue weighted by molar-refractivity contribution is 0.375. The third-order valence-corrected chi connectivity index (χ3v) is 5.76. The summed E-state index contributed by atoms with van der Waals surface area (Å²) in [6.07, 6.45) is 6.63. The second kappa shape index (κ2) is 5.02. The first-order chi connectivity index (χ1) is 7.58. The van der Waals surface area contributed by atoms with E-state index in [2.05, 4.69) is 0 Å². The monoisotopic (exact) mass is 246 g/mol. The van der Waals surface area contributed by atoms with Crippen LogP contribution in [0.5, 0.6) is 0 Å². The number of hydrogen-bond donors (Lipinski definition) is 1. The summed E-state index contributed by atoms with van der Waals surface area (Å²) in [5, 5.41) is 0. The molecule has 94 valence electrons. The Morgan fingerprint density at radius 1 is 1.12 bits per heavy atom. The maximum atomic E-state index is 12.1. The van der Waals surface area contributed by atoms with Gasteiger partial charge in [0.1, 0.15) is 0 Å². The zero-order valence-electron chi connectivity index (χ0n) is 9.77. The van der Waals surface area contributed by atoms with Gasteiger partial charge in [-0.1, -0.05) is 19.3 Å². The molecule has 2 N–H and O–H groups in total. The molecule has 2 aliphatic rings. The molecule has 1 saturated heterocycles. The largest absolute Gasteiger partial charge is 0.326 e. The van der Waals surface area contributed by atoms with Gasteiger partial charge in [-0.05, 0) is 25.2 Å². The van der Waals surface area contributed by atoms with Crippen LogP contribution < -0.4 is 5.73 Å². The highest BCUT2D eigenvalue weighted by Gasteiger charge is 2.31. The lowest BCUT2D eigenvalue weighted by Crippen LogP contribution is -2.35. The second-order valence-electron chi connectivity index (χ2n) is 5.19. The van der Waals surface area contributed by atoms with Crippen LogP contribution in [0.1, 0.15) is 38.5 Å². The molecule has 0 amide bonds. The van der Waals surface area contributed by atoms with Crippen LogP contribution in [0.4, 0.5) is 0 Å². The molecule has 2 rings (SSSR count). The first-order valence-corrected chi connectivity index (χ1v) is 7.92. The number of sulfonamides is 1. The third kappa shape index (κ3) is 2.96. The van der Waals surface area contributed by atoms with Gasteiger partial charge in [-0.3, -0.25) is 0 Å². The Kier molecular flexibility index (Phi) is 3.87. The minimum atomic E-state index is -3.04. The lowest BCUT2D eigenvalue weighted by Gasteiger charge is -2.24. The van der Waals surface area contributed by atoms with Gasteiger partial charge < -0.3 is 5.73 Å². The van der Waals surface area contributed by atoms with E-state index in [1.54, 1.807) is 4.31 Å². The topological polar surface area (TPSA) is 63.4 Å². The molecule has 0 radical (unpaired) electrons. The van der Waals surface area contributed by atoms with E-state index in [0.717, 1.165) is 19.3 Å². The molecule has 4 nitrogen and oxygen atoms in total. The van der Waals surface area contributed by atoms with Gasteiger partial charge in [0.25, 0.3) is 0 Å². The molecule has 16 heavy (non-hydrogen) atoms. The summed E-state index contributed by atoms with van der Waals surface area (Å²) < 4.78 is 25.8. The summed E-state index contributed by atoms with van der Waals surface area (Å²) >= 11 is 0. The van der Waals surface area contributed by atoms with E-state index in [9.17, 15) is 8.42 Å². The van der Waals surface area contributed by atoms with Crippen LogP contribution in [-0.4, -0.2) is 37.6 Å². The Bertz CT molecular complexity index is 323. The van der Waals surface area contributed by atoms with Crippen molar-refractivity contribution in [2.24, 2.45) is 11.7 Å². The fraction of sp³-hybridized carbons (Fsp3) is 1.00. The Morgan fingerprint density at radius 3 is 2.38 bits per heavy atom. The number of nitrogens with two attached hydrogens (primary N) is 1. The molecule has 0 bridgehead atoms. The minimum absolute atomic E-state index is 0.0427. The molecule has 0 aromatic heterocycles. The summed E-state index contributed by atoms with van der Waals surface area (Å²) in [6, 6.07) is 0.0427. The van der Waals surface area contributed by atoms with E-state index >= 15 is 0 Å². The molecule has 5 heteroatoms. The zero-order valence-corrected chi connectivity index (χ0v) is 10.6. The van der Waals surface area contributed by atoms with E-state index in [1.807, 2.05) is 0 Å². The molecule has 0 aromatic carbocycles. The number of nitrogens with zero attached hydrogens (tertiary/aromatic N) is 1. The van der Waals surface area contributed by atoms with Crippen molar-refractivity contribution in [3.8, 4) is 0 Å². The maximum absolute atomic E-state index is 12.1. The summed E-state index contributed by atoms with van der Waals surface area (Å²) in [4.78, 5) is 0. The molecular formula is C11H22N2O2S. The molecular weight excluding hydrogens is 224 g/mol. The van der Waals surface area contributed by atoms with E-state index < -0.39 is 10.0 Å². The molecule has 1 saturated carbocycles. The first kappa shape index (κ1) is 12.3. The predicted octanol–water partition coefficient (Wildman–Crippen LogP) is 0.929. The van der Waals surface area contributed by atoms with Crippen LogP contribution >= 0.6 is 0 Å². The van der Waals surface area contributed by atoms with E-state index in [0.29, 0.717) is 24.8 Å². The van der Waals surface area contributed by atoms with Gasteiger partial charge in [-0.2, -0.15) is 0 Å². The Labute approximate surface area is 98.2 Å². The molecule has 0 spiro atoms. The van der Waals surface area contributed by atoms with Crippen LogP contribution in [-0.2, 0) is 10.0 Å². The van der Waals surface area contributed by atoms with Crippen LogP contribution in [0.2, 0.25) is 0 Å². The summed E-state index contributed by atoms with van der Waals surface area (Å²) in [5.74, 6) is 0.732. The highest BCUT2D eigenvalue weighted by molar-refractivity contribution is 7.89. The number of hydrogen-bond acceptors (Lipinski definition) is 3. The van der Waals surface area contributed by atoms with E-state index in [4.69, 9.17) is 5.73 Å². The smallest absolute Gasteiger partial charge is 0.214 e. The minimum Gasteiger partial charge on any atom is -0.326 e. The van der Waals surface area contributed by atoms with E-state index in [-0.39, 0.29) is 6.04 Å². The normalized spacial score (nSPS) is 29.7. The lowest BCUT2D eigenvalue weighted by atomic mass is 9.91. The summed E-state index contributed by atoms with van der Waals surface area (Å²) in [6.45, 7) is 1.14. The molecule has 1 aliphatic carbocycles. The van der Waals surface area contributed by atoms with Crippen LogP contribution in [0, 0.1) is 5.92 Å². The van der Waals surface area contributed by atoms with Crippen molar-refractivity contribution in [2.45, 2.75) is 44.6 Å².